The second kappa shape index (κ2) is 34.6. The van der Waals surface area contributed by atoms with Gasteiger partial charge in [0.1, 0.15) is 0 Å². The second-order valence-electron chi connectivity index (χ2n) is 7.29. The maximum absolute atomic E-state index is 11.2. The van der Waals surface area contributed by atoms with Crippen molar-refractivity contribution in [3.63, 3.8) is 0 Å². The maximum atomic E-state index is 11.2. The van der Waals surface area contributed by atoms with Crippen LogP contribution in [0.5, 0.6) is 0 Å². The smallest absolute Gasteiger partial charge is 0.317 e. The summed E-state index contributed by atoms with van der Waals surface area (Å²) in [6, 6.07) is 0. The van der Waals surface area contributed by atoms with Gasteiger partial charge in [-0.2, -0.15) is 0 Å². The summed E-state index contributed by atoms with van der Waals surface area (Å²) < 4.78 is 0. The Hall–Kier alpha value is -2.57. The number of carboxylic acid groups (broad SMARTS) is 6. The fourth-order valence-electron chi connectivity index (χ4n) is 2.95. The maximum Gasteiger partial charge on any atom is 0.317 e. The van der Waals surface area contributed by atoms with Gasteiger partial charge in [-0.15, -0.1) is 0 Å². The third-order valence-electron chi connectivity index (χ3n) is 4.34. The number of carbonyl (C=O) groups excluding carboxylic acids is 2. The van der Waals surface area contributed by atoms with E-state index in [1.807, 2.05) is 0 Å². The minimum atomic E-state index is -1.51. The normalized spacial score (nSPS) is 9.14. The minimum Gasteiger partial charge on any atom is -0.549 e. The summed E-state index contributed by atoms with van der Waals surface area (Å²) in [5.74, 6) is -8.06. The molecule has 42 heavy (non-hydrogen) atoms. The van der Waals surface area contributed by atoms with Crippen LogP contribution in [0.15, 0.2) is 0 Å². The summed E-state index contributed by atoms with van der Waals surface area (Å²) in [7, 11) is 0. The zero-order valence-electron chi connectivity index (χ0n) is 22.0. The molecule has 0 aromatic heterocycles. The first kappa shape index (κ1) is 62.9. The molecule has 0 fully saturated rings. The van der Waals surface area contributed by atoms with E-state index in [0.29, 0.717) is 0 Å². The van der Waals surface area contributed by atoms with Gasteiger partial charge in [0, 0.05) is 85.9 Å². The minimum absolute atomic E-state index is 0. The van der Waals surface area contributed by atoms with Crippen LogP contribution in [0.2, 0.25) is 0 Å². The standard InChI is InChI=1S/C18H30N4O12.2Co.6H2O/c23-13(24)7-19(3-5-21(9-15(27)28)10-16(29)30)1-2-20(8-14(25)26)4-6-22(11-17(31)32)12-18(33)34;;;;;;;;/h1-12H2,(H,23,24)(H,25,26)(H,27,28)(H,29,30)(H,31,32)(H,33,34);;;6*1H2/p-2. The van der Waals surface area contributed by atoms with Crippen LogP contribution in [0.3, 0.4) is 0 Å². The molecular formula is C18H40Co2N4O18-2. The zero-order chi connectivity index (χ0) is 26.3. The topological polar surface area (TPSA) is 431 Å². The number of hydrogen-bond acceptors (Lipinski definition) is 12. The van der Waals surface area contributed by atoms with E-state index >= 15 is 0 Å². The Kier molecular flexibility index (Phi) is 51.9. The van der Waals surface area contributed by atoms with Crippen molar-refractivity contribution in [3.8, 4) is 0 Å². The van der Waals surface area contributed by atoms with Crippen molar-refractivity contribution >= 4 is 35.8 Å². The average molecular weight is 718 g/mol. The van der Waals surface area contributed by atoms with E-state index in [1.165, 1.54) is 9.80 Å². The van der Waals surface area contributed by atoms with Crippen LogP contribution in [0.4, 0.5) is 0 Å². The molecule has 0 bridgehead atoms. The van der Waals surface area contributed by atoms with Crippen molar-refractivity contribution < 1.29 is 126 Å². The summed E-state index contributed by atoms with van der Waals surface area (Å²) in [4.78, 5) is 70.5. The van der Waals surface area contributed by atoms with E-state index in [-0.39, 0.29) is 106 Å². The number of nitrogens with zero attached hydrogens (tertiary/aromatic N) is 4. The van der Waals surface area contributed by atoms with Gasteiger partial charge < -0.3 is 73.1 Å². The number of carboxylic acids is 6. The molecule has 0 atom stereocenters. The third kappa shape index (κ3) is 37.4. The van der Waals surface area contributed by atoms with Gasteiger partial charge in [0.25, 0.3) is 0 Å². The molecule has 0 saturated heterocycles. The van der Waals surface area contributed by atoms with Crippen molar-refractivity contribution in [1.82, 2.24) is 19.6 Å². The Labute approximate surface area is 259 Å². The molecule has 0 amide bonds. The van der Waals surface area contributed by atoms with Crippen LogP contribution in [-0.2, 0) is 62.3 Å². The molecular weight excluding hydrogens is 678 g/mol. The van der Waals surface area contributed by atoms with Gasteiger partial charge in [-0.05, 0) is 0 Å². The SMILES string of the molecule is O.O.O.O.O.O.O=C([O-])CN(CCN(CCN(CCN(CC(=O)[O-])CC(=O)O)CC(=O)O)CC(=O)O)CC(=O)O.[Co].[Co]. The Morgan fingerprint density at radius 1 is 0.381 bits per heavy atom. The second-order valence-corrected chi connectivity index (χ2v) is 7.29. The Bertz CT molecular complexity index is 659. The summed E-state index contributed by atoms with van der Waals surface area (Å²) in [5.41, 5.74) is 0. The van der Waals surface area contributed by atoms with Crippen LogP contribution in [0.1, 0.15) is 0 Å². The predicted molar refractivity (Wildman–Crippen MR) is 128 cm³/mol. The summed E-state index contributed by atoms with van der Waals surface area (Å²) in [5, 5.41) is 57.6. The van der Waals surface area contributed by atoms with Crippen LogP contribution >= 0.6 is 0 Å². The fourth-order valence-corrected chi connectivity index (χ4v) is 2.95. The van der Waals surface area contributed by atoms with Gasteiger partial charge in [-0.1, -0.05) is 0 Å². The quantitative estimate of drug-likeness (QED) is 0.0855. The van der Waals surface area contributed by atoms with Crippen molar-refractivity contribution in [1.29, 1.82) is 0 Å². The molecule has 0 unspecified atom stereocenters. The number of hydrogen-bond donors (Lipinski definition) is 4. The monoisotopic (exact) mass is 718 g/mol. The molecule has 16 N–H and O–H groups in total. The molecule has 0 aliphatic rings. The zero-order valence-corrected chi connectivity index (χ0v) is 24.1. The van der Waals surface area contributed by atoms with Gasteiger partial charge in [-0.3, -0.25) is 38.8 Å². The number of rotatable bonds is 21. The average Bonchev–Trinajstić information content (AvgIpc) is 2.64. The molecule has 22 nitrogen and oxygen atoms in total. The molecule has 0 aromatic rings. The van der Waals surface area contributed by atoms with Crippen LogP contribution in [-0.4, -0.2) is 187 Å². The molecule has 260 valence electrons. The van der Waals surface area contributed by atoms with E-state index in [4.69, 9.17) is 20.4 Å². The van der Waals surface area contributed by atoms with Crippen molar-refractivity contribution in [2.45, 2.75) is 0 Å². The van der Waals surface area contributed by atoms with Gasteiger partial charge in [0.15, 0.2) is 0 Å². The summed E-state index contributed by atoms with van der Waals surface area (Å²) >= 11 is 0. The molecule has 0 spiro atoms. The molecule has 0 aliphatic carbocycles. The van der Waals surface area contributed by atoms with Crippen molar-refractivity contribution in [2.75, 3.05) is 78.5 Å². The largest absolute Gasteiger partial charge is 0.549 e. The summed E-state index contributed by atoms with van der Waals surface area (Å²) in [6.07, 6.45) is 0. The van der Waals surface area contributed by atoms with E-state index in [0.717, 1.165) is 9.80 Å². The van der Waals surface area contributed by atoms with Crippen LogP contribution < -0.4 is 10.2 Å². The number of carbonyl (C=O) groups is 6. The van der Waals surface area contributed by atoms with E-state index in [2.05, 4.69) is 0 Å². The predicted octanol–water partition coefficient (Wildman–Crippen LogP) is -10.9. The molecule has 0 rings (SSSR count). The van der Waals surface area contributed by atoms with E-state index in [1.54, 1.807) is 0 Å². The Morgan fingerprint density at radius 2 is 0.548 bits per heavy atom. The molecule has 0 aromatic carbocycles. The fraction of sp³-hybridized carbons (Fsp3) is 0.667. The van der Waals surface area contributed by atoms with Crippen LogP contribution in [0, 0.1) is 0 Å². The molecule has 2 radical (unpaired) electrons. The first-order valence-corrected chi connectivity index (χ1v) is 9.94. The van der Waals surface area contributed by atoms with Crippen molar-refractivity contribution in [3.05, 3.63) is 0 Å². The summed E-state index contributed by atoms with van der Waals surface area (Å²) in [6.45, 7) is -3.95. The van der Waals surface area contributed by atoms with E-state index in [9.17, 15) is 39.0 Å². The van der Waals surface area contributed by atoms with Gasteiger partial charge in [-0.25, -0.2) is 0 Å². The first-order chi connectivity index (χ1) is 15.8. The number of aliphatic carboxylic acids is 6. The van der Waals surface area contributed by atoms with Crippen molar-refractivity contribution in [2.24, 2.45) is 0 Å². The van der Waals surface area contributed by atoms with E-state index < -0.39 is 75.1 Å². The van der Waals surface area contributed by atoms with Gasteiger partial charge >= 0.3 is 23.9 Å². The molecule has 0 saturated carbocycles. The molecule has 0 aliphatic heterocycles. The van der Waals surface area contributed by atoms with Crippen LogP contribution in [0.25, 0.3) is 0 Å². The first-order valence-electron chi connectivity index (χ1n) is 9.94. The third-order valence-corrected chi connectivity index (χ3v) is 4.34. The Balaban J connectivity index is -0.000000194. The molecule has 0 heterocycles. The molecule has 24 heteroatoms. The Morgan fingerprint density at radius 3 is 0.714 bits per heavy atom. The van der Waals surface area contributed by atoms with Gasteiger partial charge in [0.05, 0.1) is 38.1 Å². The van der Waals surface area contributed by atoms with Gasteiger partial charge in [0.2, 0.25) is 0 Å².